The number of nitro benzene ring substituents is 1. The van der Waals surface area contributed by atoms with Crippen molar-refractivity contribution in [3.63, 3.8) is 0 Å². The Kier molecular flexibility index (Phi) is 4.05. The molecule has 0 fully saturated rings. The van der Waals surface area contributed by atoms with E-state index in [0.717, 1.165) is 0 Å². The number of aryl methyl sites for hydroxylation is 1. The van der Waals surface area contributed by atoms with Crippen molar-refractivity contribution in [2.75, 3.05) is 5.32 Å². The molecule has 8 heteroatoms. The van der Waals surface area contributed by atoms with Gasteiger partial charge in [-0.15, -0.1) is 0 Å². The highest BCUT2D eigenvalue weighted by atomic mass is 79.9. The first-order chi connectivity index (χ1) is 9.92. The topological polar surface area (TPSA) is 101 Å². The lowest BCUT2D eigenvalue weighted by Crippen LogP contribution is -2.15. The van der Waals surface area contributed by atoms with Crippen LogP contribution in [0.15, 0.2) is 34.9 Å². The number of halogens is 1. The number of anilines is 1. The minimum atomic E-state index is -0.546. The zero-order valence-corrected chi connectivity index (χ0v) is 12.4. The number of nitriles is 1. The van der Waals surface area contributed by atoms with Crippen molar-refractivity contribution < 1.29 is 9.72 Å². The maximum Gasteiger partial charge on any atom is 0.285 e. The van der Waals surface area contributed by atoms with Crippen LogP contribution in [0.2, 0.25) is 0 Å². The molecule has 21 heavy (non-hydrogen) atoms. The van der Waals surface area contributed by atoms with Gasteiger partial charge < -0.3 is 9.88 Å². The Morgan fingerprint density at radius 2 is 2.19 bits per heavy atom. The number of amides is 1. The number of carbonyl (C=O) groups is 1. The molecule has 0 radical (unpaired) electrons. The first-order valence-electron chi connectivity index (χ1n) is 5.74. The van der Waals surface area contributed by atoms with Crippen molar-refractivity contribution in [2.24, 2.45) is 7.05 Å². The molecule has 0 saturated heterocycles. The summed E-state index contributed by atoms with van der Waals surface area (Å²) in [6, 6.07) is 7.68. The number of nitrogens with zero attached hydrogens (tertiary/aromatic N) is 3. The fraction of sp³-hybridized carbons (Fsp3) is 0.0769. The van der Waals surface area contributed by atoms with Gasteiger partial charge in [0.05, 0.1) is 15.0 Å². The van der Waals surface area contributed by atoms with Crippen LogP contribution in [-0.2, 0) is 7.05 Å². The normalized spacial score (nSPS) is 9.95. The minimum Gasteiger partial charge on any atom is -0.345 e. The fourth-order valence-corrected chi connectivity index (χ4v) is 2.17. The first kappa shape index (κ1) is 14.7. The molecule has 1 aromatic heterocycles. The Morgan fingerprint density at radius 1 is 1.48 bits per heavy atom. The maximum absolute atomic E-state index is 12.1. The molecule has 0 atom stereocenters. The second-order valence-electron chi connectivity index (χ2n) is 4.21. The van der Waals surface area contributed by atoms with Crippen LogP contribution < -0.4 is 5.32 Å². The second kappa shape index (κ2) is 5.76. The van der Waals surface area contributed by atoms with Crippen molar-refractivity contribution >= 4 is 33.2 Å². The van der Waals surface area contributed by atoms with Crippen LogP contribution in [0.4, 0.5) is 11.4 Å². The van der Waals surface area contributed by atoms with Crippen LogP contribution >= 0.6 is 15.9 Å². The average Bonchev–Trinajstić information content (AvgIpc) is 2.82. The molecule has 7 nitrogen and oxygen atoms in total. The van der Waals surface area contributed by atoms with Gasteiger partial charge in [-0.3, -0.25) is 14.9 Å². The Hall–Kier alpha value is -2.66. The first-order valence-corrected chi connectivity index (χ1v) is 6.53. The van der Waals surface area contributed by atoms with Crippen LogP contribution in [0, 0.1) is 21.4 Å². The lowest BCUT2D eigenvalue weighted by molar-refractivity contribution is -0.385. The third-order valence-electron chi connectivity index (χ3n) is 2.77. The summed E-state index contributed by atoms with van der Waals surface area (Å²) < 4.78 is 1.84. The lowest BCUT2D eigenvalue weighted by atomic mass is 10.2. The molecule has 0 spiro atoms. The second-order valence-corrected chi connectivity index (χ2v) is 5.07. The monoisotopic (exact) mass is 348 g/mol. The summed E-state index contributed by atoms with van der Waals surface area (Å²) >= 11 is 3.07. The van der Waals surface area contributed by atoms with Crippen LogP contribution in [0.3, 0.4) is 0 Å². The van der Waals surface area contributed by atoms with Crippen molar-refractivity contribution in [1.82, 2.24) is 4.57 Å². The highest BCUT2D eigenvalue weighted by Gasteiger charge is 2.16. The predicted molar refractivity (Wildman–Crippen MR) is 78.9 cm³/mol. The third-order valence-corrected chi connectivity index (χ3v) is 3.44. The molecule has 1 heterocycles. The van der Waals surface area contributed by atoms with E-state index in [2.05, 4.69) is 21.2 Å². The molecule has 0 unspecified atom stereocenters. The number of nitro groups is 1. The van der Waals surface area contributed by atoms with Crippen molar-refractivity contribution in [3.8, 4) is 6.07 Å². The van der Waals surface area contributed by atoms with E-state index >= 15 is 0 Å². The smallest absolute Gasteiger partial charge is 0.285 e. The summed E-state index contributed by atoms with van der Waals surface area (Å²) in [7, 11) is 1.64. The molecule has 0 aliphatic heterocycles. The quantitative estimate of drug-likeness (QED) is 0.680. The SMILES string of the molecule is Cn1cc(C#N)cc1C(=O)Nc1ccc(Br)c([N+](=O)[O-])c1. The molecule has 0 bridgehead atoms. The van der Waals surface area contributed by atoms with Crippen LogP contribution in [0.25, 0.3) is 0 Å². The van der Waals surface area contributed by atoms with E-state index in [4.69, 9.17) is 5.26 Å². The van der Waals surface area contributed by atoms with E-state index in [1.54, 1.807) is 13.1 Å². The minimum absolute atomic E-state index is 0.141. The summed E-state index contributed by atoms with van der Waals surface area (Å²) in [6.45, 7) is 0. The molecule has 1 aromatic carbocycles. The fourth-order valence-electron chi connectivity index (χ4n) is 1.78. The molecular weight excluding hydrogens is 340 g/mol. The van der Waals surface area contributed by atoms with Crippen LogP contribution in [0.1, 0.15) is 16.1 Å². The van der Waals surface area contributed by atoms with Gasteiger partial charge in [0.25, 0.3) is 11.6 Å². The van der Waals surface area contributed by atoms with Crippen molar-refractivity contribution in [1.29, 1.82) is 5.26 Å². The van der Waals surface area contributed by atoms with Gasteiger partial charge in [0.15, 0.2) is 0 Å². The molecule has 2 rings (SSSR count). The van der Waals surface area contributed by atoms with Gasteiger partial charge in [0, 0.05) is 25.0 Å². The zero-order valence-electron chi connectivity index (χ0n) is 10.8. The highest BCUT2D eigenvalue weighted by molar-refractivity contribution is 9.10. The van der Waals surface area contributed by atoms with Gasteiger partial charge in [-0.05, 0) is 34.1 Å². The average molecular weight is 349 g/mol. The van der Waals surface area contributed by atoms with Gasteiger partial charge in [-0.2, -0.15) is 5.26 Å². The Morgan fingerprint density at radius 3 is 2.76 bits per heavy atom. The van der Waals surface area contributed by atoms with Crippen molar-refractivity contribution in [3.05, 3.63) is 56.3 Å². The molecule has 2 aromatic rings. The number of nitrogens with one attached hydrogen (secondary N) is 1. The maximum atomic E-state index is 12.1. The molecule has 106 valence electrons. The van der Waals surface area contributed by atoms with Crippen molar-refractivity contribution in [2.45, 2.75) is 0 Å². The molecule has 0 aliphatic rings. The van der Waals surface area contributed by atoms with Gasteiger partial charge >= 0.3 is 0 Å². The largest absolute Gasteiger partial charge is 0.345 e. The van der Waals surface area contributed by atoms with E-state index in [1.165, 1.54) is 29.0 Å². The number of rotatable bonds is 3. The van der Waals surface area contributed by atoms with Gasteiger partial charge in [0.2, 0.25) is 0 Å². The molecular formula is C13H9BrN4O3. The van der Waals surface area contributed by atoms with Gasteiger partial charge in [-0.1, -0.05) is 0 Å². The van der Waals surface area contributed by atoms with E-state index in [0.29, 0.717) is 15.7 Å². The summed E-state index contributed by atoms with van der Waals surface area (Å²) in [6.07, 6.45) is 1.53. The summed E-state index contributed by atoms with van der Waals surface area (Å²) in [5.74, 6) is -0.448. The summed E-state index contributed by atoms with van der Waals surface area (Å²) in [4.78, 5) is 22.4. The number of carbonyl (C=O) groups excluding carboxylic acids is 1. The van der Waals surface area contributed by atoms with E-state index < -0.39 is 10.8 Å². The van der Waals surface area contributed by atoms with Gasteiger partial charge in [0.1, 0.15) is 11.8 Å². The Labute approximate surface area is 128 Å². The zero-order chi connectivity index (χ0) is 15.6. The van der Waals surface area contributed by atoms with Crippen LogP contribution in [-0.4, -0.2) is 15.4 Å². The number of aromatic nitrogens is 1. The summed E-state index contributed by atoms with van der Waals surface area (Å²) in [5, 5.41) is 22.2. The Bertz CT molecular complexity index is 776. The number of benzene rings is 1. The molecule has 0 aliphatic carbocycles. The number of hydrogen-bond donors (Lipinski definition) is 1. The summed E-state index contributed by atoms with van der Waals surface area (Å²) in [5.41, 5.74) is 0.813. The number of hydrogen-bond acceptors (Lipinski definition) is 4. The third kappa shape index (κ3) is 3.09. The lowest BCUT2D eigenvalue weighted by Gasteiger charge is -2.06. The molecule has 0 saturated carbocycles. The van der Waals surface area contributed by atoms with E-state index in [9.17, 15) is 14.9 Å². The van der Waals surface area contributed by atoms with Gasteiger partial charge in [-0.25, -0.2) is 0 Å². The predicted octanol–water partition coefficient (Wildman–Crippen LogP) is 2.82. The van der Waals surface area contributed by atoms with Crippen LogP contribution in [0.5, 0.6) is 0 Å². The molecule has 1 amide bonds. The molecule has 1 N–H and O–H groups in total. The van der Waals surface area contributed by atoms with E-state index in [-0.39, 0.29) is 11.4 Å². The van der Waals surface area contributed by atoms with E-state index in [1.807, 2.05) is 6.07 Å². The Balaban J connectivity index is 2.27. The standard InChI is InChI=1S/C13H9BrN4O3/c1-17-7-8(6-15)4-12(17)13(19)16-9-2-3-10(14)11(5-9)18(20)21/h2-5,7H,1H3,(H,16,19). The highest BCUT2D eigenvalue weighted by Crippen LogP contribution is 2.28.